The first-order valence-corrected chi connectivity index (χ1v) is 9.60. The van der Waals surface area contributed by atoms with E-state index >= 15 is 0 Å². The van der Waals surface area contributed by atoms with Gasteiger partial charge in [-0.25, -0.2) is 4.79 Å². The number of likely N-dealkylation sites (tertiary alicyclic amines) is 1. The number of rotatable bonds is 5. The summed E-state index contributed by atoms with van der Waals surface area (Å²) in [5.41, 5.74) is 6.37. The molecule has 8 nitrogen and oxygen atoms in total. The van der Waals surface area contributed by atoms with Crippen LogP contribution in [0.3, 0.4) is 0 Å². The largest absolute Gasteiger partial charge is 0.452 e. The third-order valence-electron chi connectivity index (χ3n) is 5.31. The van der Waals surface area contributed by atoms with Crippen molar-refractivity contribution in [1.29, 1.82) is 0 Å². The van der Waals surface area contributed by atoms with Crippen molar-refractivity contribution < 1.29 is 23.9 Å². The first-order chi connectivity index (χ1) is 13.5. The molecule has 1 aromatic rings. The van der Waals surface area contributed by atoms with Gasteiger partial charge in [-0.3, -0.25) is 14.4 Å². The van der Waals surface area contributed by atoms with Gasteiger partial charge in [-0.05, 0) is 49.9 Å². The molecule has 1 aromatic carbocycles. The summed E-state index contributed by atoms with van der Waals surface area (Å²) in [4.78, 5) is 50.8. The molecule has 2 fully saturated rings. The molecule has 0 unspecified atom stereocenters. The van der Waals surface area contributed by atoms with Gasteiger partial charge in [-0.15, -0.1) is 0 Å². The molecule has 3 rings (SSSR count). The fourth-order valence-corrected chi connectivity index (χ4v) is 3.57. The van der Waals surface area contributed by atoms with Gasteiger partial charge >= 0.3 is 5.97 Å². The van der Waals surface area contributed by atoms with E-state index in [1.54, 1.807) is 34.1 Å². The van der Waals surface area contributed by atoms with Gasteiger partial charge < -0.3 is 20.3 Å². The summed E-state index contributed by atoms with van der Waals surface area (Å²) in [5, 5.41) is 0. The van der Waals surface area contributed by atoms with Gasteiger partial charge in [0.05, 0.1) is 5.56 Å². The first kappa shape index (κ1) is 19.9. The molecule has 0 atom stereocenters. The van der Waals surface area contributed by atoms with Crippen molar-refractivity contribution in [2.75, 3.05) is 31.1 Å². The van der Waals surface area contributed by atoms with E-state index in [9.17, 15) is 19.2 Å². The van der Waals surface area contributed by atoms with Crippen molar-refractivity contribution in [1.82, 2.24) is 4.90 Å². The Morgan fingerprint density at radius 1 is 1.04 bits per heavy atom. The summed E-state index contributed by atoms with van der Waals surface area (Å²) < 4.78 is 5.12. The maximum Gasteiger partial charge on any atom is 0.338 e. The second-order valence-corrected chi connectivity index (χ2v) is 7.18. The molecule has 2 aliphatic heterocycles. The van der Waals surface area contributed by atoms with E-state index in [0.29, 0.717) is 44.5 Å². The van der Waals surface area contributed by atoms with E-state index < -0.39 is 5.97 Å². The third kappa shape index (κ3) is 4.68. The molecule has 0 radical (unpaired) electrons. The van der Waals surface area contributed by atoms with E-state index in [4.69, 9.17) is 10.5 Å². The second kappa shape index (κ2) is 8.86. The van der Waals surface area contributed by atoms with Gasteiger partial charge in [0.15, 0.2) is 6.61 Å². The third-order valence-corrected chi connectivity index (χ3v) is 5.31. The summed E-state index contributed by atoms with van der Waals surface area (Å²) in [7, 11) is 0. The minimum Gasteiger partial charge on any atom is -0.452 e. The van der Waals surface area contributed by atoms with Gasteiger partial charge in [0.1, 0.15) is 0 Å². The monoisotopic (exact) mass is 387 g/mol. The Labute approximate surface area is 163 Å². The lowest BCUT2D eigenvalue weighted by atomic mass is 9.96. The zero-order valence-corrected chi connectivity index (χ0v) is 15.8. The van der Waals surface area contributed by atoms with Crippen molar-refractivity contribution >= 4 is 29.4 Å². The highest BCUT2D eigenvalue weighted by Crippen LogP contribution is 2.21. The molecule has 0 aliphatic carbocycles. The molecule has 2 aliphatic rings. The predicted octanol–water partition coefficient (Wildman–Crippen LogP) is 1.08. The Morgan fingerprint density at radius 3 is 2.32 bits per heavy atom. The van der Waals surface area contributed by atoms with E-state index in [1.807, 2.05) is 0 Å². The lowest BCUT2D eigenvalue weighted by Crippen LogP contribution is -2.43. The highest BCUT2D eigenvalue weighted by Gasteiger charge is 2.26. The van der Waals surface area contributed by atoms with Crippen molar-refractivity contribution in [2.24, 2.45) is 11.7 Å². The van der Waals surface area contributed by atoms with Crippen LogP contribution in [0.25, 0.3) is 0 Å². The van der Waals surface area contributed by atoms with Crippen LogP contribution in [0.15, 0.2) is 24.3 Å². The van der Waals surface area contributed by atoms with Crippen LogP contribution in [0, 0.1) is 5.92 Å². The van der Waals surface area contributed by atoms with Crippen molar-refractivity contribution in [2.45, 2.75) is 32.1 Å². The second-order valence-electron chi connectivity index (χ2n) is 7.18. The molecule has 8 heteroatoms. The van der Waals surface area contributed by atoms with E-state index in [0.717, 1.165) is 18.5 Å². The zero-order valence-electron chi connectivity index (χ0n) is 15.8. The minimum atomic E-state index is -0.586. The molecule has 3 amide bonds. The molecule has 0 saturated carbocycles. The van der Waals surface area contributed by atoms with Crippen LogP contribution < -0.4 is 10.6 Å². The van der Waals surface area contributed by atoms with E-state index in [2.05, 4.69) is 0 Å². The number of esters is 1. The van der Waals surface area contributed by atoms with Crippen LogP contribution in [0.2, 0.25) is 0 Å². The number of hydrogen-bond donors (Lipinski definition) is 1. The van der Waals surface area contributed by atoms with Crippen molar-refractivity contribution in [3.05, 3.63) is 29.8 Å². The number of primary amides is 1. The fraction of sp³-hybridized carbons (Fsp3) is 0.500. The average Bonchev–Trinajstić information content (AvgIpc) is 2.72. The van der Waals surface area contributed by atoms with E-state index in [-0.39, 0.29) is 30.2 Å². The summed E-state index contributed by atoms with van der Waals surface area (Å²) >= 11 is 0. The molecule has 2 heterocycles. The number of benzene rings is 1. The first-order valence-electron chi connectivity index (χ1n) is 9.60. The summed E-state index contributed by atoms with van der Waals surface area (Å²) in [6, 6.07) is 6.64. The molecule has 28 heavy (non-hydrogen) atoms. The van der Waals surface area contributed by atoms with Crippen LogP contribution in [0.5, 0.6) is 0 Å². The summed E-state index contributed by atoms with van der Waals surface area (Å²) in [6.07, 6.45) is 3.49. The average molecular weight is 387 g/mol. The Kier molecular flexibility index (Phi) is 6.28. The number of carbonyl (C=O) groups is 4. The quantitative estimate of drug-likeness (QED) is 0.761. The van der Waals surface area contributed by atoms with Crippen molar-refractivity contribution in [3.63, 3.8) is 0 Å². The molecule has 2 saturated heterocycles. The van der Waals surface area contributed by atoms with Gasteiger partial charge in [-0.1, -0.05) is 0 Å². The van der Waals surface area contributed by atoms with Crippen LogP contribution in [0.1, 0.15) is 42.5 Å². The van der Waals surface area contributed by atoms with Gasteiger partial charge in [0.2, 0.25) is 11.8 Å². The maximum atomic E-state index is 12.2. The van der Waals surface area contributed by atoms with Gasteiger partial charge in [0, 0.05) is 37.7 Å². The Bertz CT molecular complexity index is 754. The number of carbonyl (C=O) groups excluding carboxylic acids is 4. The maximum absolute atomic E-state index is 12.2. The fourth-order valence-electron chi connectivity index (χ4n) is 3.57. The number of ether oxygens (including phenoxy) is 1. The molecular weight excluding hydrogens is 362 g/mol. The molecule has 0 bridgehead atoms. The normalized spacial score (nSPS) is 18.1. The Morgan fingerprint density at radius 2 is 1.71 bits per heavy atom. The lowest BCUT2D eigenvalue weighted by Gasteiger charge is -2.30. The van der Waals surface area contributed by atoms with Gasteiger partial charge in [-0.2, -0.15) is 0 Å². The minimum absolute atomic E-state index is 0.0901. The van der Waals surface area contributed by atoms with E-state index in [1.165, 1.54) is 0 Å². The summed E-state index contributed by atoms with van der Waals surface area (Å²) in [6.45, 7) is 1.21. The highest BCUT2D eigenvalue weighted by atomic mass is 16.5. The van der Waals surface area contributed by atoms with Crippen LogP contribution in [0.4, 0.5) is 5.69 Å². The molecule has 0 aromatic heterocycles. The Hall–Kier alpha value is -2.90. The van der Waals surface area contributed by atoms with Crippen molar-refractivity contribution in [3.8, 4) is 0 Å². The molecule has 0 spiro atoms. The number of piperidine rings is 2. The number of anilines is 1. The molecule has 2 N–H and O–H groups in total. The van der Waals surface area contributed by atoms with Crippen LogP contribution >= 0.6 is 0 Å². The Balaban J connectivity index is 1.49. The number of hydrogen-bond acceptors (Lipinski definition) is 5. The molecular formula is C20H25N3O5. The van der Waals surface area contributed by atoms with Crippen LogP contribution in [-0.2, 0) is 19.1 Å². The topological polar surface area (TPSA) is 110 Å². The number of nitrogens with two attached hydrogens (primary N) is 1. The number of amides is 3. The lowest BCUT2D eigenvalue weighted by molar-refractivity contribution is -0.137. The molecule has 150 valence electrons. The summed E-state index contributed by atoms with van der Waals surface area (Å²) in [5.74, 6) is -1.32. The SMILES string of the molecule is NC(=O)C1CCN(C(=O)COC(=O)c2ccc(N3CCCCC3=O)cc2)CC1. The van der Waals surface area contributed by atoms with Crippen LogP contribution in [-0.4, -0.2) is 54.8 Å². The zero-order chi connectivity index (χ0) is 20.1. The van der Waals surface area contributed by atoms with Gasteiger partial charge in [0.25, 0.3) is 5.91 Å². The predicted molar refractivity (Wildman–Crippen MR) is 101 cm³/mol. The smallest absolute Gasteiger partial charge is 0.338 e. The highest BCUT2D eigenvalue weighted by molar-refractivity contribution is 5.95. The number of nitrogens with zero attached hydrogens (tertiary/aromatic N) is 2. The standard InChI is InChI=1S/C20H25N3O5/c21-19(26)14-8-11-22(12-9-14)18(25)13-28-20(27)15-4-6-16(7-5-15)23-10-2-1-3-17(23)24/h4-7,14H,1-3,8-13H2,(H2,21,26).